The zero-order valence-corrected chi connectivity index (χ0v) is 53.8. The summed E-state index contributed by atoms with van der Waals surface area (Å²) in [7, 11) is 0. The lowest BCUT2D eigenvalue weighted by Crippen LogP contribution is -2.50. The molecule has 3 aliphatic carbocycles. The molecule has 1 fully saturated rings. The van der Waals surface area contributed by atoms with Crippen LogP contribution in [0.2, 0.25) is 0 Å². The van der Waals surface area contributed by atoms with Crippen molar-refractivity contribution in [1.29, 1.82) is 0 Å². The molecule has 3 aliphatic heterocycles. The van der Waals surface area contributed by atoms with Gasteiger partial charge < -0.3 is 45.7 Å². The van der Waals surface area contributed by atoms with Crippen molar-refractivity contribution in [2.24, 2.45) is 11.5 Å². The molecule has 1 saturated heterocycles. The number of amides is 6. The Bertz CT molecular complexity index is 2910. The summed E-state index contributed by atoms with van der Waals surface area (Å²) in [6.07, 6.45) is 2.32. The summed E-state index contributed by atoms with van der Waals surface area (Å²) < 4.78 is 16.1. The van der Waals surface area contributed by atoms with Gasteiger partial charge >= 0.3 is 12.2 Å². The largest absolute Gasteiger partial charge is 0.444 e. The third kappa shape index (κ3) is 17.5. The van der Waals surface area contributed by atoms with E-state index < -0.39 is 47.4 Å². The summed E-state index contributed by atoms with van der Waals surface area (Å²) in [5.74, 6) is -1.26. The van der Waals surface area contributed by atoms with Crippen molar-refractivity contribution in [3.63, 3.8) is 0 Å². The highest BCUT2D eigenvalue weighted by Gasteiger charge is 2.41. The summed E-state index contributed by atoms with van der Waals surface area (Å²) in [6.45, 7) is 12.0. The molecular weight excluding hydrogens is 1390 g/mol. The number of aliphatic hydroxyl groups is 2. The lowest BCUT2D eigenvalue weighted by atomic mass is 10.1. The predicted octanol–water partition coefficient (Wildman–Crippen LogP) is 8.94. The summed E-state index contributed by atoms with van der Waals surface area (Å²) in [4.78, 5) is 79.9. The van der Waals surface area contributed by atoms with E-state index >= 15 is 0 Å². The van der Waals surface area contributed by atoms with Gasteiger partial charge in [0.25, 0.3) is 23.6 Å². The number of epoxide rings is 1. The molecule has 6 N–H and O–H groups in total. The third-order valence-corrected chi connectivity index (χ3v) is 14.3. The van der Waals surface area contributed by atoms with Crippen LogP contribution in [0, 0.1) is 0 Å². The monoisotopic (exact) mass is 1460 g/mol. The van der Waals surface area contributed by atoms with Gasteiger partial charge in [-0.3, -0.25) is 29.0 Å². The Balaban J connectivity index is 0.000000187. The fourth-order valence-corrected chi connectivity index (χ4v) is 10.5. The van der Waals surface area contributed by atoms with Crippen molar-refractivity contribution in [2.45, 2.75) is 128 Å². The second kappa shape index (κ2) is 29.6. The molecule has 5 aromatic rings. The molecule has 11 rings (SSSR count). The van der Waals surface area contributed by atoms with E-state index in [4.69, 9.17) is 25.7 Å². The van der Waals surface area contributed by atoms with E-state index in [9.17, 15) is 39.0 Å². The fourth-order valence-electron chi connectivity index (χ4n) is 10.5. The van der Waals surface area contributed by atoms with E-state index in [0.29, 0.717) is 54.3 Å². The number of benzene rings is 5. The van der Waals surface area contributed by atoms with Crippen molar-refractivity contribution in [3.8, 4) is 0 Å². The Morgan fingerprint density at radius 1 is 0.561 bits per heavy atom. The molecular formula is C62H75I3N6O11. The molecule has 20 heteroatoms. The third-order valence-electron chi connectivity index (χ3n) is 14.3. The van der Waals surface area contributed by atoms with E-state index in [-0.39, 0.29) is 80.2 Å². The molecule has 0 saturated carbocycles. The number of aliphatic hydroxyl groups excluding tert-OH is 2. The zero-order chi connectivity index (χ0) is 58.8. The quantitative estimate of drug-likeness (QED) is 0.0550. The number of β-amino-alcohol motifs (C(OH)–C–C–N with tert-alkyl or cyclic N) is 1. The summed E-state index contributed by atoms with van der Waals surface area (Å²) in [5.41, 5.74) is 19.4. The molecule has 0 bridgehead atoms. The van der Waals surface area contributed by atoms with E-state index in [1.54, 1.807) is 74.2 Å². The van der Waals surface area contributed by atoms with Gasteiger partial charge in [-0.05, 0) is 138 Å². The van der Waals surface area contributed by atoms with Crippen molar-refractivity contribution in [1.82, 2.24) is 19.6 Å². The van der Waals surface area contributed by atoms with Crippen LogP contribution in [0.25, 0.3) is 0 Å². The Kier molecular flexibility index (Phi) is 23.9. The molecule has 3 heterocycles. The minimum atomic E-state index is -1.10. The molecule has 6 aliphatic rings. The average molecular weight is 1460 g/mol. The van der Waals surface area contributed by atoms with Gasteiger partial charge in [0, 0.05) is 61.9 Å². The van der Waals surface area contributed by atoms with Crippen LogP contribution in [0.3, 0.4) is 0 Å². The van der Waals surface area contributed by atoms with Gasteiger partial charge in [-0.15, -0.1) is 24.0 Å². The van der Waals surface area contributed by atoms with Crippen LogP contribution in [-0.4, -0.2) is 153 Å². The molecule has 0 aromatic heterocycles. The first-order valence-corrected chi connectivity index (χ1v) is 33.5. The maximum Gasteiger partial charge on any atom is 0.410 e. The molecule has 17 nitrogen and oxygen atoms in total. The van der Waals surface area contributed by atoms with E-state index in [1.165, 1.54) is 43.2 Å². The number of nitrogens with zero attached hydrogens (tertiary/aromatic N) is 4. The Morgan fingerprint density at radius 3 is 1.16 bits per heavy atom. The number of halogens is 3. The molecule has 82 heavy (non-hydrogen) atoms. The first-order chi connectivity index (χ1) is 38.6. The molecule has 6 amide bonds. The van der Waals surface area contributed by atoms with Gasteiger partial charge in [-0.25, -0.2) is 9.59 Å². The molecule has 0 spiro atoms. The topological polar surface area (TPSA) is 239 Å². The Hall–Kier alpha value is -5.09. The van der Waals surface area contributed by atoms with Crippen molar-refractivity contribution < 1.29 is 53.2 Å². The number of carbonyl (C=O) groups excluding carboxylic acids is 6. The van der Waals surface area contributed by atoms with Crippen LogP contribution in [0.15, 0.2) is 121 Å². The highest BCUT2D eigenvalue weighted by atomic mass is 128. The van der Waals surface area contributed by atoms with Crippen LogP contribution in [0.4, 0.5) is 9.59 Å². The van der Waals surface area contributed by atoms with Gasteiger partial charge in [0.15, 0.2) is 0 Å². The second-order valence-corrected chi connectivity index (χ2v) is 22.9. The number of fused-ring (bicyclic) bond motifs is 5. The van der Waals surface area contributed by atoms with Crippen LogP contribution in [0.1, 0.15) is 116 Å². The number of imide groups is 2. The summed E-state index contributed by atoms with van der Waals surface area (Å²) >= 11 is 4.24. The van der Waals surface area contributed by atoms with Crippen molar-refractivity contribution in [2.75, 3.05) is 39.3 Å². The number of nitrogens with two attached hydrogens (primary N) is 2. The van der Waals surface area contributed by atoms with Gasteiger partial charge in [-0.2, -0.15) is 0 Å². The molecule has 0 unspecified atom stereocenters. The van der Waals surface area contributed by atoms with Gasteiger partial charge in [0.05, 0.1) is 73.4 Å². The molecule has 5 aromatic carbocycles. The van der Waals surface area contributed by atoms with Crippen LogP contribution < -0.4 is 11.5 Å². The SMILES string of the molecule is CC(C)(C)OC(=O)N(C[C@H](O)CN)C1Cc2ccccc2C1.CC(C)(C)OC(=O)N(C[C@H](O)CN1C(=O)c2ccccc2C1=O)C1Cc2ccccc2C1.I.II.NC1Cc2ccccc2C1.O=C1c2ccccc2C(=O)N1C[C@@H]1CO1. The lowest BCUT2D eigenvalue weighted by Gasteiger charge is -2.33. The number of ether oxygens (including phenoxy) is 3. The zero-order valence-electron chi connectivity index (χ0n) is 47.2. The van der Waals surface area contributed by atoms with Crippen molar-refractivity contribution >= 4 is 97.0 Å². The van der Waals surface area contributed by atoms with Gasteiger partial charge in [-0.1, -0.05) is 97.1 Å². The molecule has 3 atom stereocenters. The van der Waals surface area contributed by atoms with E-state index in [1.807, 2.05) is 57.2 Å². The molecule has 440 valence electrons. The van der Waals surface area contributed by atoms with Crippen LogP contribution in [-0.2, 0) is 52.7 Å². The average Bonchev–Trinajstić information content (AvgIpc) is 3.66. The van der Waals surface area contributed by atoms with Crippen LogP contribution in [0.5, 0.6) is 0 Å². The van der Waals surface area contributed by atoms with E-state index in [0.717, 1.165) is 30.6 Å². The van der Waals surface area contributed by atoms with Gasteiger partial charge in [0.2, 0.25) is 0 Å². The normalized spacial score (nSPS) is 17.3. The molecule has 0 radical (unpaired) electrons. The minimum Gasteiger partial charge on any atom is -0.444 e. The van der Waals surface area contributed by atoms with Gasteiger partial charge in [0.1, 0.15) is 11.2 Å². The number of hydrogen-bond donors (Lipinski definition) is 4. The number of rotatable bonds is 11. The highest BCUT2D eigenvalue weighted by Crippen LogP contribution is 2.30. The maximum atomic E-state index is 13.0. The predicted molar refractivity (Wildman–Crippen MR) is 341 cm³/mol. The van der Waals surface area contributed by atoms with Crippen molar-refractivity contribution in [3.05, 3.63) is 177 Å². The van der Waals surface area contributed by atoms with Crippen LogP contribution >= 0.6 is 61.2 Å². The Labute approximate surface area is 521 Å². The smallest absolute Gasteiger partial charge is 0.410 e. The maximum absolute atomic E-state index is 13.0. The second-order valence-electron chi connectivity index (χ2n) is 22.9. The summed E-state index contributed by atoms with van der Waals surface area (Å²) in [6, 6.07) is 38.4. The first kappa shape index (κ1) is 66.1. The Morgan fingerprint density at radius 2 is 0.854 bits per heavy atom. The number of hydrogen-bond acceptors (Lipinski definition) is 13. The summed E-state index contributed by atoms with van der Waals surface area (Å²) in [5, 5.41) is 20.7. The minimum absolute atomic E-state index is 0. The lowest BCUT2D eigenvalue weighted by molar-refractivity contribution is 0.00170. The first-order valence-electron chi connectivity index (χ1n) is 27.2. The highest BCUT2D eigenvalue weighted by molar-refractivity contribution is 15.0. The fraction of sp³-hybridized carbons (Fsp3) is 0.419. The standard InChI is InChI=1S/C25H28N2O5.C17H26N2O3.C11H9NO3.C9H11N.I2.HI/c1-25(2,3)32-24(31)26(18-12-16-8-4-5-9-17(16)13-18)14-19(28)15-27-22(29)20-10-6-7-11-21(20)23(27)30;1-17(2,3)22-16(21)19(11-15(20)10-18)14-8-12-6-4-5-7-13(12)9-14;13-10-8-3-1-2-4-9(8)11(14)12(10)5-7-6-15-7;10-9-5-7-3-1-2-4-8(7)6-9;1-2;/h4-11,18-19,28H,12-15H2,1-3H3;4-7,14-15,20H,8-11,18H2,1-3H3;1-4,7H,5-6H2;1-4,9H,5-6,10H2;;1H/t19-;15-;7-;;;/m011.../s1. The number of carbonyl (C=O) groups is 6. The van der Waals surface area contributed by atoms with E-state index in [2.05, 4.69) is 73.6 Å².